The molecule has 0 aromatic carbocycles. The van der Waals surface area contributed by atoms with Crippen LogP contribution in [0, 0.1) is 5.92 Å². The summed E-state index contributed by atoms with van der Waals surface area (Å²) in [5.41, 5.74) is 0. The van der Waals surface area contributed by atoms with Crippen LogP contribution in [0.25, 0.3) is 0 Å². The van der Waals surface area contributed by atoms with E-state index in [2.05, 4.69) is 4.18 Å². The predicted molar refractivity (Wildman–Crippen MR) is 52.6 cm³/mol. The van der Waals surface area contributed by atoms with Crippen LogP contribution >= 0.6 is 0 Å². The normalized spacial score (nSPS) is 34.6. The van der Waals surface area contributed by atoms with Gasteiger partial charge in [-0.15, -0.1) is 0 Å². The van der Waals surface area contributed by atoms with E-state index in [0.29, 0.717) is 0 Å². The zero-order chi connectivity index (χ0) is 10.9. The van der Waals surface area contributed by atoms with Crippen molar-refractivity contribution in [1.82, 2.24) is 0 Å². The van der Waals surface area contributed by atoms with Crippen molar-refractivity contribution in [1.29, 1.82) is 0 Å². The second kappa shape index (κ2) is 4.09. The summed E-state index contributed by atoms with van der Waals surface area (Å²) in [5.74, 6) is -0.439. The second-order valence-electron chi connectivity index (χ2n) is 3.12. The van der Waals surface area contributed by atoms with Gasteiger partial charge in [-0.25, -0.2) is 4.21 Å². The van der Waals surface area contributed by atoms with Crippen molar-refractivity contribution in [3.8, 4) is 0 Å². The molecule has 1 aliphatic rings. The Labute approximate surface area is 85.6 Å². The fraction of sp³-hybridized carbons (Fsp3) is 0.714. The van der Waals surface area contributed by atoms with Gasteiger partial charge in [-0.1, -0.05) is 19.1 Å². The van der Waals surface area contributed by atoms with E-state index in [9.17, 15) is 12.6 Å². The Morgan fingerprint density at radius 1 is 1.43 bits per heavy atom. The topological polar surface area (TPSA) is 80.7 Å². The molecule has 1 aliphatic carbocycles. The van der Waals surface area contributed by atoms with Gasteiger partial charge in [-0.05, 0) is 5.92 Å². The van der Waals surface area contributed by atoms with Crippen LogP contribution in [0.1, 0.15) is 6.92 Å². The largest absolute Gasteiger partial charge is 0.293 e. The third-order valence-corrected chi connectivity index (χ3v) is 4.89. The highest BCUT2D eigenvalue weighted by molar-refractivity contribution is 7.86. The average Bonchev–Trinajstić information content (AvgIpc) is 2.45. The summed E-state index contributed by atoms with van der Waals surface area (Å²) in [7, 11) is -2.81. The van der Waals surface area contributed by atoms with Crippen molar-refractivity contribution in [3.05, 3.63) is 12.2 Å². The van der Waals surface area contributed by atoms with E-state index < -0.39 is 37.6 Å². The maximum Gasteiger partial charge on any atom is 0.271 e. The molecule has 0 aromatic heterocycles. The molecule has 0 aromatic rings. The van der Waals surface area contributed by atoms with E-state index in [4.69, 9.17) is 4.55 Å². The lowest BCUT2D eigenvalue weighted by Crippen LogP contribution is -2.30. The second-order valence-corrected chi connectivity index (χ2v) is 6.09. The van der Waals surface area contributed by atoms with Crippen LogP contribution in [-0.4, -0.2) is 34.8 Å². The first-order chi connectivity index (χ1) is 6.38. The molecule has 5 nitrogen and oxygen atoms in total. The quantitative estimate of drug-likeness (QED) is 0.560. The van der Waals surface area contributed by atoms with E-state index in [1.807, 2.05) is 0 Å². The van der Waals surface area contributed by atoms with Crippen LogP contribution in [0.4, 0.5) is 0 Å². The zero-order valence-electron chi connectivity index (χ0n) is 7.78. The average molecular weight is 240 g/mol. The lowest BCUT2D eigenvalue weighted by Gasteiger charge is -2.17. The standard InChI is InChI=1S/C7H12O5S2/c1-5-6(13(8)12-2)3-4-7(5)14(9,10)11/h3-7H,1-2H3,(H,9,10,11). The maximum atomic E-state index is 11.3. The van der Waals surface area contributed by atoms with E-state index in [0.717, 1.165) is 0 Å². The summed E-state index contributed by atoms with van der Waals surface area (Å²) < 4.78 is 46.4. The SMILES string of the molecule is COS(=O)C1C=CC(S(=O)(=O)O)C1C. The molecule has 0 radical (unpaired) electrons. The number of rotatable bonds is 3. The molecule has 0 spiro atoms. The maximum absolute atomic E-state index is 11.3. The molecule has 0 saturated heterocycles. The molecule has 4 unspecified atom stereocenters. The number of hydrogen-bond donors (Lipinski definition) is 1. The number of hydrogen-bond acceptors (Lipinski definition) is 4. The minimum atomic E-state index is -4.10. The molecular weight excluding hydrogens is 228 g/mol. The minimum absolute atomic E-state index is 0.439. The van der Waals surface area contributed by atoms with E-state index in [-0.39, 0.29) is 0 Å². The summed E-state index contributed by atoms with van der Waals surface area (Å²) in [6, 6.07) is 0. The Bertz CT molecular complexity index is 358. The van der Waals surface area contributed by atoms with Gasteiger partial charge < -0.3 is 0 Å². The van der Waals surface area contributed by atoms with Crippen LogP contribution in [0.5, 0.6) is 0 Å². The van der Waals surface area contributed by atoms with Crippen LogP contribution in [0.2, 0.25) is 0 Å². The summed E-state index contributed by atoms with van der Waals surface area (Å²) in [6.45, 7) is 1.61. The molecule has 0 aliphatic heterocycles. The monoisotopic (exact) mass is 240 g/mol. The van der Waals surface area contributed by atoms with Crippen molar-refractivity contribution in [2.45, 2.75) is 17.4 Å². The predicted octanol–water partition coefficient (Wildman–Crippen LogP) is 0.127. The van der Waals surface area contributed by atoms with E-state index >= 15 is 0 Å². The van der Waals surface area contributed by atoms with Crippen LogP contribution in [0.3, 0.4) is 0 Å². The van der Waals surface area contributed by atoms with Crippen molar-refractivity contribution in [3.63, 3.8) is 0 Å². The smallest absolute Gasteiger partial charge is 0.271 e. The Hall–Kier alpha value is -0.240. The molecule has 0 heterocycles. The lowest BCUT2D eigenvalue weighted by atomic mass is 10.1. The van der Waals surface area contributed by atoms with Gasteiger partial charge in [0, 0.05) is 0 Å². The van der Waals surface area contributed by atoms with Crippen LogP contribution < -0.4 is 0 Å². The van der Waals surface area contributed by atoms with Crippen molar-refractivity contribution < 1.29 is 21.4 Å². The van der Waals surface area contributed by atoms with Gasteiger partial charge in [-0.3, -0.25) is 8.74 Å². The molecule has 4 atom stereocenters. The van der Waals surface area contributed by atoms with Gasteiger partial charge in [0.2, 0.25) is 0 Å². The van der Waals surface area contributed by atoms with Gasteiger partial charge in [0.05, 0.1) is 12.4 Å². The highest BCUT2D eigenvalue weighted by atomic mass is 32.2. The Balaban J connectivity index is 2.86. The van der Waals surface area contributed by atoms with Crippen LogP contribution in [-0.2, 0) is 25.4 Å². The van der Waals surface area contributed by atoms with Gasteiger partial charge >= 0.3 is 0 Å². The van der Waals surface area contributed by atoms with Gasteiger partial charge in [0.25, 0.3) is 10.1 Å². The summed E-state index contributed by atoms with van der Waals surface area (Å²) in [5, 5.41) is -1.46. The Kier molecular flexibility index (Phi) is 3.46. The minimum Gasteiger partial charge on any atom is -0.293 e. The Morgan fingerprint density at radius 3 is 2.36 bits per heavy atom. The molecule has 0 bridgehead atoms. The molecular formula is C7H12O5S2. The fourth-order valence-electron chi connectivity index (χ4n) is 1.48. The molecule has 0 fully saturated rings. The fourth-order valence-corrected chi connectivity index (χ4v) is 3.54. The summed E-state index contributed by atoms with van der Waals surface area (Å²) in [6.07, 6.45) is 2.85. The van der Waals surface area contributed by atoms with Crippen molar-refractivity contribution in [2.24, 2.45) is 5.92 Å². The molecule has 7 heteroatoms. The van der Waals surface area contributed by atoms with Crippen LogP contribution in [0.15, 0.2) is 12.2 Å². The van der Waals surface area contributed by atoms with Crippen molar-refractivity contribution >= 4 is 21.2 Å². The van der Waals surface area contributed by atoms with Gasteiger partial charge in [-0.2, -0.15) is 8.42 Å². The first kappa shape index (κ1) is 11.8. The van der Waals surface area contributed by atoms with E-state index in [1.165, 1.54) is 19.3 Å². The van der Waals surface area contributed by atoms with Crippen molar-refractivity contribution in [2.75, 3.05) is 7.11 Å². The zero-order valence-corrected chi connectivity index (χ0v) is 9.42. The third-order valence-electron chi connectivity index (χ3n) is 2.26. The molecule has 1 N–H and O–H groups in total. The third kappa shape index (κ3) is 2.22. The van der Waals surface area contributed by atoms with Gasteiger partial charge in [0.1, 0.15) is 5.25 Å². The van der Waals surface area contributed by atoms with Gasteiger partial charge in [0.15, 0.2) is 11.1 Å². The Morgan fingerprint density at radius 2 is 2.00 bits per heavy atom. The van der Waals surface area contributed by atoms with E-state index in [1.54, 1.807) is 6.92 Å². The molecule has 0 amide bonds. The highest BCUT2D eigenvalue weighted by Gasteiger charge is 2.39. The first-order valence-electron chi connectivity index (χ1n) is 3.97. The molecule has 1 rings (SSSR count). The highest BCUT2D eigenvalue weighted by Crippen LogP contribution is 2.28. The lowest BCUT2D eigenvalue weighted by molar-refractivity contribution is 0.426. The summed E-state index contributed by atoms with van der Waals surface area (Å²) in [4.78, 5) is 0. The molecule has 0 saturated carbocycles. The summed E-state index contributed by atoms with van der Waals surface area (Å²) >= 11 is -1.55. The molecule has 82 valence electrons. The first-order valence-corrected chi connectivity index (χ1v) is 6.61. The molecule has 14 heavy (non-hydrogen) atoms.